The van der Waals surface area contributed by atoms with Gasteiger partial charge in [0.15, 0.2) is 0 Å². The molecule has 0 aliphatic rings. The molecule has 0 aliphatic carbocycles. The molecule has 0 bridgehead atoms. The molecule has 1 aromatic heterocycles. The van der Waals surface area contributed by atoms with Gasteiger partial charge < -0.3 is 10.1 Å². The molecule has 3 nitrogen and oxygen atoms in total. The van der Waals surface area contributed by atoms with Crippen molar-refractivity contribution in [3.05, 3.63) is 40.4 Å². The number of nitrogens with one attached hydrogen (secondary N) is 1. The van der Waals surface area contributed by atoms with E-state index in [1.165, 1.54) is 10.4 Å². The molecule has 17 heavy (non-hydrogen) atoms. The first-order valence-electron chi connectivity index (χ1n) is 5.54. The summed E-state index contributed by atoms with van der Waals surface area (Å²) in [6.07, 6.45) is 0. The van der Waals surface area contributed by atoms with Crippen molar-refractivity contribution < 1.29 is 4.74 Å². The van der Waals surface area contributed by atoms with Crippen molar-refractivity contribution in [2.45, 2.75) is 20.4 Å². The summed E-state index contributed by atoms with van der Waals surface area (Å²) in [7, 11) is 1.94. The van der Waals surface area contributed by atoms with Gasteiger partial charge in [0.25, 0.3) is 5.19 Å². The fourth-order valence-corrected chi connectivity index (χ4v) is 2.24. The summed E-state index contributed by atoms with van der Waals surface area (Å²) in [5, 5.41) is 3.82. The molecule has 4 heteroatoms. The van der Waals surface area contributed by atoms with Crippen LogP contribution in [0.4, 0.5) is 0 Å². The fraction of sp³-hybridized carbons (Fsp3) is 0.308. The Bertz CT molecular complexity index is 471. The normalized spacial score (nSPS) is 10.5. The highest BCUT2D eigenvalue weighted by Gasteiger charge is 2.05. The number of aryl methyl sites for hydroxylation is 2. The van der Waals surface area contributed by atoms with E-state index in [1.807, 2.05) is 26.1 Å². The van der Waals surface area contributed by atoms with E-state index >= 15 is 0 Å². The summed E-state index contributed by atoms with van der Waals surface area (Å²) in [5.74, 6) is 0.832. The minimum atomic E-state index is 0.710. The minimum absolute atomic E-state index is 0.710. The van der Waals surface area contributed by atoms with Crippen molar-refractivity contribution in [2.24, 2.45) is 0 Å². The Hall–Kier alpha value is -1.39. The van der Waals surface area contributed by atoms with Crippen molar-refractivity contribution in [3.8, 4) is 10.9 Å². The van der Waals surface area contributed by atoms with Crippen LogP contribution < -0.4 is 10.1 Å². The van der Waals surface area contributed by atoms with Crippen LogP contribution in [0, 0.1) is 13.8 Å². The molecule has 0 aliphatic heterocycles. The maximum Gasteiger partial charge on any atom is 0.279 e. The van der Waals surface area contributed by atoms with E-state index in [0.29, 0.717) is 5.19 Å². The van der Waals surface area contributed by atoms with Crippen LogP contribution in [-0.4, -0.2) is 12.0 Å². The molecule has 0 unspecified atom stereocenters. The molecule has 2 rings (SSSR count). The summed E-state index contributed by atoms with van der Waals surface area (Å²) in [6, 6.07) is 8.05. The summed E-state index contributed by atoms with van der Waals surface area (Å²) < 4.78 is 5.70. The van der Waals surface area contributed by atoms with Crippen LogP contribution in [0.2, 0.25) is 0 Å². The van der Waals surface area contributed by atoms with Gasteiger partial charge in [0.05, 0.1) is 5.69 Å². The summed E-state index contributed by atoms with van der Waals surface area (Å²) in [6.45, 7) is 4.92. The molecule has 90 valence electrons. The Balaban J connectivity index is 2.08. The smallest absolute Gasteiger partial charge is 0.279 e. The van der Waals surface area contributed by atoms with Gasteiger partial charge in [-0.05, 0) is 38.6 Å². The number of benzene rings is 1. The summed E-state index contributed by atoms with van der Waals surface area (Å²) in [5.41, 5.74) is 2.28. The van der Waals surface area contributed by atoms with Gasteiger partial charge in [0.1, 0.15) is 5.75 Å². The highest BCUT2D eigenvalue weighted by molar-refractivity contribution is 7.13. The molecule has 0 saturated carbocycles. The first kappa shape index (κ1) is 12.1. The third-order valence-corrected chi connectivity index (χ3v) is 3.47. The Morgan fingerprint density at radius 3 is 2.47 bits per heavy atom. The van der Waals surface area contributed by atoms with E-state index in [0.717, 1.165) is 18.0 Å². The molecule has 1 aromatic carbocycles. The van der Waals surface area contributed by atoms with Gasteiger partial charge >= 0.3 is 0 Å². The van der Waals surface area contributed by atoms with E-state index in [4.69, 9.17) is 4.74 Å². The quantitative estimate of drug-likeness (QED) is 0.901. The highest BCUT2D eigenvalue weighted by Crippen LogP contribution is 2.28. The highest BCUT2D eigenvalue weighted by atomic mass is 32.1. The van der Waals surface area contributed by atoms with Gasteiger partial charge in [-0.2, -0.15) is 0 Å². The van der Waals surface area contributed by atoms with Gasteiger partial charge in [-0.1, -0.05) is 23.5 Å². The van der Waals surface area contributed by atoms with Crippen molar-refractivity contribution in [1.29, 1.82) is 0 Å². The fourth-order valence-electron chi connectivity index (χ4n) is 1.47. The van der Waals surface area contributed by atoms with E-state index in [1.54, 1.807) is 11.3 Å². The van der Waals surface area contributed by atoms with Crippen LogP contribution in [0.15, 0.2) is 24.3 Å². The first-order valence-corrected chi connectivity index (χ1v) is 6.36. The second kappa shape index (κ2) is 5.29. The number of hydrogen-bond donors (Lipinski definition) is 1. The third kappa shape index (κ3) is 3.05. The standard InChI is InChI=1S/C13H16N2OS/c1-9-10(2)17-13(15-9)16-12-6-4-11(5-7-12)8-14-3/h4-7,14H,8H2,1-3H3. The Morgan fingerprint density at radius 2 is 1.94 bits per heavy atom. The van der Waals surface area contributed by atoms with Crippen LogP contribution in [0.3, 0.4) is 0 Å². The van der Waals surface area contributed by atoms with E-state index in [9.17, 15) is 0 Å². The molecule has 2 aromatic rings. The number of hydrogen-bond acceptors (Lipinski definition) is 4. The molecule has 0 spiro atoms. The van der Waals surface area contributed by atoms with Gasteiger partial charge in [-0.15, -0.1) is 0 Å². The molecule has 0 atom stereocenters. The van der Waals surface area contributed by atoms with Gasteiger partial charge in [0, 0.05) is 11.4 Å². The number of nitrogens with zero attached hydrogens (tertiary/aromatic N) is 1. The van der Waals surface area contributed by atoms with Crippen molar-refractivity contribution in [2.75, 3.05) is 7.05 Å². The van der Waals surface area contributed by atoms with E-state index in [-0.39, 0.29) is 0 Å². The molecular weight excluding hydrogens is 232 g/mol. The van der Waals surface area contributed by atoms with Gasteiger partial charge in [-0.3, -0.25) is 0 Å². The lowest BCUT2D eigenvalue weighted by Gasteiger charge is -2.03. The SMILES string of the molecule is CNCc1ccc(Oc2nc(C)c(C)s2)cc1. The second-order valence-electron chi connectivity index (χ2n) is 3.90. The van der Waals surface area contributed by atoms with Crippen LogP contribution >= 0.6 is 11.3 Å². The molecule has 0 amide bonds. The zero-order valence-corrected chi connectivity index (χ0v) is 11.1. The Morgan fingerprint density at radius 1 is 1.24 bits per heavy atom. The van der Waals surface area contributed by atoms with Crippen LogP contribution in [-0.2, 0) is 6.54 Å². The Labute approximate surface area is 105 Å². The second-order valence-corrected chi connectivity index (χ2v) is 5.06. The number of aromatic nitrogens is 1. The third-order valence-electron chi connectivity index (χ3n) is 2.52. The van der Waals surface area contributed by atoms with Gasteiger partial charge in [0.2, 0.25) is 0 Å². The number of thiazole rings is 1. The zero-order chi connectivity index (χ0) is 12.3. The average molecular weight is 248 g/mol. The maximum absolute atomic E-state index is 5.70. The molecule has 0 saturated heterocycles. The monoisotopic (exact) mass is 248 g/mol. The lowest BCUT2D eigenvalue weighted by Crippen LogP contribution is -2.04. The molecule has 0 fully saturated rings. The maximum atomic E-state index is 5.70. The van der Waals surface area contributed by atoms with Crippen LogP contribution in [0.25, 0.3) is 0 Å². The minimum Gasteiger partial charge on any atom is -0.431 e. The average Bonchev–Trinajstić information content (AvgIpc) is 2.61. The number of rotatable bonds is 4. The lowest BCUT2D eigenvalue weighted by molar-refractivity contribution is 0.477. The number of ether oxygens (including phenoxy) is 1. The van der Waals surface area contributed by atoms with Gasteiger partial charge in [-0.25, -0.2) is 4.98 Å². The molecule has 1 N–H and O–H groups in total. The topological polar surface area (TPSA) is 34.1 Å². The first-order chi connectivity index (χ1) is 8.19. The Kier molecular flexibility index (Phi) is 3.76. The van der Waals surface area contributed by atoms with Crippen LogP contribution in [0.5, 0.6) is 10.9 Å². The summed E-state index contributed by atoms with van der Waals surface area (Å²) >= 11 is 1.58. The zero-order valence-electron chi connectivity index (χ0n) is 10.3. The molecule has 0 radical (unpaired) electrons. The van der Waals surface area contributed by atoms with Crippen molar-refractivity contribution in [1.82, 2.24) is 10.3 Å². The lowest BCUT2D eigenvalue weighted by atomic mass is 10.2. The largest absolute Gasteiger partial charge is 0.431 e. The molecule has 1 heterocycles. The predicted octanol–water partition coefficient (Wildman–Crippen LogP) is 3.27. The van der Waals surface area contributed by atoms with E-state index < -0.39 is 0 Å². The molecular formula is C13H16N2OS. The van der Waals surface area contributed by atoms with Crippen molar-refractivity contribution in [3.63, 3.8) is 0 Å². The van der Waals surface area contributed by atoms with Crippen LogP contribution in [0.1, 0.15) is 16.1 Å². The van der Waals surface area contributed by atoms with Crippen molar-refractivity contribution >= 4 is 11.3 Å². The summed E-state index contributed by atoms with van der Waals surface area (Å²) in [4.78, 5) is 5.55. The van der Waals surface area contributed by atoms with E-state index in [2.05, 4.69) is 29.4 Å². The predicted molar refractivity (Wildman–Crippen MR) is 70.9 cm³/mol.